The van der Waals surface area contributed by atoms with Crippen LogP contribution in [0.15, 0.2) is 24.3 Å². The molecule has 1 N–H and O–H groups in total. The van der Waals surface area contributed by atoms with Gasteiger partial charge in [0.05, 0.1) is 0 Å². The quantitative estimate of drug-likeness (QED) is 0.835. The van der Waals surface area contributed by atoms with Crippen LogP contribution in [0, 0.1) is 11.3 Å². The Hall–Kier alpha value is -2.37. The fraction of sp³-hybridized carbons (Fsp3) is 0.438. The molecule has 1 aromatic carbocycles. The topological polar surface area (TPSA) is 69.7 Å². The Labute approximate surface area is 128 Å². The Morgan fingerprint density at radius 3 is 2.55 bits per heavy atom. The number of carbonyl (C=O) groups excluding carboxylic acids is 3. The number of benzene rings is 1. The molecular weight excluding hydrogens is 282 g/mol. The van der Waals surface area contributed by atoms with E-state index >= 15 is 0 Å². The number of piperidine rings is 1. The number of urea groups is 1. The second kappa shape index (κ2) is 4.32. The van der Waals surface area contributed by atoms with Crippen molar-refractivity contribution in [1.29, 1.82) is 0 Å². The molecule has 0 spiro atoms. The number of nitrogens with one attached hydrogen (secondary N) is 1. The molecule has 22 heavy (non-hydrogen) atoms. The van der Waals surface area contributed by atoms with Crippen LogP contribution in [0.4, 0.5) is 10.5 Å². The van der Waals surface area contributed by atoms with Crippen molar-refractivity contribution in [3.05, 3.63) is 29.8 Å². The molecule has 3 fully saturated rings. The van der Waals surface area contributed by atoms with Crippen LogP contribution in [0.2, 0.25) is 0 Å². The zero-order chi connectivity index (χ0) is 15.5. The minimum absolute atomic E-state index is 0.0261. The van der Waals surface area contributed by atoms with Crippen LogP contribution in [-0.4, -0.2) is 42.4 Å². The lowest BCUT2D eigenvalue weighted by Gasteiger charge is -2.20. The van der Waals surface area contributed by atoms with Crippen LogP contribution in [0.25, 0.3) is 0 Å². The second-order valence-electron chi connectivity index (χ2n) is 6.73. The van der Waals surface area contributed by atoms with E-state index in [0.29, 0.717) is 22.6 Å². The van der Waals surface area contributed by atoms with Gasteiger partial charge in [0.2, 0.25) is 5.91 Å². The molecule has 0 radical (unpaired) electrons. The average Bonchev–Trinajstić information content (AvgIpc) is 2.82. The summed E-state index contributed by atoms with van der Waals surface area (Å²) in [6.45, 7) is 3.94. The highest BCUT2D eigenvalue weighted by molar-refractivity contribution is 6.12. The molecule has 2 atom stereocenters. The van der Waals surface area contributed by atoms with Crippen LogP contribution >= 0.6 is 0 Å². The van der Waals surface area contributed by atoms with E-state index in [-0.39, 0.29) is 18.4 Å². The standard InChI is InChI=1S/C16H17N3O3/c1-16-6-11(16)7-18(9-16)14(21)10-2-4-12(5-3-10)19-8-13(20)17-15(19)22/h2-5,11H,6-9H2,1H3,(H,17,20,22). The summed E-state index contributed by atoms with van der Waals surface area (Å²) >= 11 is 0. The third kappa shape index (κ3) is 1.98. The number of hydrogen-bond acceptors (Lipinski definition) is 3. The summed E-state index contributed by atoms with van der Waals surface area (Å²) in [5.74, 6) is 0.395. The number of amides is 4. The Kier molecular flexibility index (Phi) is 2.61. The first kappa shape index (κ1) is 13.3. The molecule has 3 aliphatic rings. The van der Waals surface area contributed by atoms with Gasteiger partial charge in [-0.15, -0.1) is 0 Å². The molecule has 1 aromatic rings. The van der Waals surface area contributed by atoms with Crippen molar-refractivity contribution in [2.24, 2.45) is 11.3 Å². The lowest BCUT2D eigenvalue weighted by Crippen LogP contribution is -2.31. The summed E-state index contributed by atoms with van der Waals surface area (Å²) in [4.78, 5) is 38.6. The molecule has 2 unspecified atom stereocenters. The normalized spacial score (nSPS) is 29.6. The van der Waals surface area contributed by atoms with Crippen molar-refractivity contribution in [2.75, 3.05) is 24.5 Å². The van der Waals surface area contributed by atoms with E-state index in [0.717, 1.165) is 13.1 Å². The monoisotopic (exact) mass is 299 g/mol. The van der Waals surface area contributed by atoms with Gasteiger partial charge in [-0.3, -0.25) is 19.8 Å². The van der Waals surface area contributed by atoms with Crippen molar-refractivity contribution in [2.45, 2.75) is 13.3 Å². The predicted molar refractivity (Wildman–Crippen MR) is 79.4 cm³/mol. The summed E-state index contributed by atoms with van der Waals surface area (Å²) < 4.78 is 0. The number of anilines is 1. The smallest absolute Gasteiger partial charge is 0.329 e. The SMILES string of the molecule is CC12CC1CN(C(=O)c1ccc(N3CC(=O)NC3=O)cc1)C2. The fourth-order valence-electron chi connectivity index (χ4n) is 3.52. The summed E-state index contributed by atoms with van der Waals surface area (Å²) in [6.07, 6.45) is 1.23. The van der Waals surface area contributed by atoms with Gasteiger partial charge < -0.3 is 4.90 Å². The van der Waals surface area contributed by atoms with Gasteiger partial charge in [-0.2, -0.15) is 0 Å². The lowest BCUT2D eigenvalue weighted by molar-refractivity contribution is -0.117. The molecule has 6 nitrogen and oxygen atoms in total. The highest BCUT2D eigenvalue weighted by Gasteiger charge is 2.57. The van der Waals surface area contributed by atoms with Gasteiger partial charge in [-0.25, -0.2) is 4.79 Å². The number of nitrogens with zero attached hydrogens (tertiary/aromatic N) is 2. The van der Waals surface area contributed by atoms with E-state index < -0.39 is 6.03 Å². The Balaban J connectivity index is 1.49. The van der Waals surface area contributed by atoms with Gasteiger partial charge in [-0.1, -0.05) is 6.92 Å². The first-order valence-corrected chi connectivity index (χ1v) is 7.47. The third-order valence-corrected chi connectivity index (χ3v) is 5.04. The molecule has 4 rings (SSSR count). The zero-order valence-corrected chi connectivity index (χ0v) is 12.3. The zero-order valence-electron chi connectivity index (χ0n) is 12.3. The number of imide groups is 1. The van der Waals surface area contributed by atoms with Gasteiger partial charge in [0, 0.05) is 24.3 Å². The summed E-state index contributed by atoms with van der Waals surface area (Å²) in [5, 5.41) is 2.23. The Morgan fingerprint density at radius 1 is 1.27 bits per heavy atom. The first-order valence-electron chi connectivity index (χ1n) is 7.47. The summed E-state index contributed by atoms with van der Waals surface area (Å²) in [6, 6.07) is 6.45. The minimum atomic E-state index is -0.420. The highest BCUT2D eigenvalue weighted by atomic mass is 16.2. The van der Waals surface area contributed by atoms with Gasteiger partial charge in [0.25, 0.3) is 5.91 Å². The third-order valence-electron chi connectivity index (χ3n) is 5.04. The maximum Gasteiger partial charge on any atom is 0.329 e. The van der Waals surface area contributed by atoms with E-state index in [1.165, 1.54) is 11.3 Å². The molecular formula is C16H17N3O3. The van der Waals surface area contributed by atoms with Crippen molar-refractivity contribution < 1.29 is 14.4 Å². The molecule has 1 saturated carbocycles. The van der Waals surface area contributed by atoms with E-state index in [2.05, 4.69) is 12.2 Å². The molecule has 2 saturated heterocycles. The van der Waals surface area contributed by atoms with Crippen molar-refractivity contribution in [3.8, 4) is 0 Å². The van der Waals surface area contributed by atoms with Gasteiger partial charge in [0.15, 0.2) is 0 Å². The van der Waals surface area contributed by atoms with Crippen LogP contribution in [0.3, 0.4) is 0 Å². The maximum atomic E-state index is 12.5. The van der Waals surface area contributed by atoms with Crippen LogP contribution in [0.1, 0.15) is 23.7 Å². The minimum Gasteiger partial charge on any atom is -0.338 e. The fourth-order valence-corrected chi connectivity index (χ4v) is 3.52. The van der Waals surface area contributed by atoms with E-state index in [9.17, 15) is 14.4 Å². The lowest BCUT2D eigenvalue weighted by atomic mass is 10.1. The first-order chi connectivity index (χ1) is 10.5. The van der Waals surface area contributed by atoms with Crippen LogP contribution < -0.4 is 10.2 Å². The predicted octanol–water partition coefficient (Wildman–Crippen LogP) is 1.22. The van der Waals surface area contributed by atoms with Gasteiger partial charge in [0.1, 0.15) is 6.54 Å². The maximum absolute atomic E-state index is 12.5. The van der Waals surface area contributed by atoms with Gasteiger partial charge in [-0.05, 0) is 42.0 Å². The largest absolute Gasteiger partial charge is 0.338 e. The van der Waals surface area contributed by atoms with E-state index in [1.807, 2.05) is 4.90 Å². The van der Waals surface area contributed by atoms with Crippen molar-refractivity contribution in [1.82, 2.24) is 10.2 Å². The number of carbonyl (C=O) groups is 3. The number of rotatable bonds is 2. The van der Waals surface area contributed by atoms with Crippen molar-refractivity contribution >= 4 is 23.5 Å². The van der Waals surface area contributed by atoms with E-state index in [1.54, 1.807) is 24.3 Å². The highest BCUT2D eigenvalue weighted by Crippen LogP contribution is 2.57. The molecule has 2 heterocycles. The van der Waals surface area contributed by atoms with Crippen LogP contribution in [-0.2, 0) is 4.79 Å². The molecule has 6 heteroatoms. The molecule has 2 aliphatic heterocycles. The average molecular weight is 299 g/mol. The molecule has 1 aliphatic carbocycles. The molecule has 114 valence electrons. The van der Waals surface area contributed by atoms with Crippen molar-refractivity contribution in [3.63, 3.8) is 0 Å². The molecule has 0 bridgehead atoms. The summed E-state index contributed by atoms with van der Waals surface area (Å²) in [7, 11) is 0. The van der Waals surface area contributed by atoms with E-state index in [4.69, 9.17) is 0 Å². The Bertz CT molecular complexity index is 684. The number of hydrogen-bond donors (Lipinski definition) is 1. The molecule has 0 aromatic heterocycles. The van der Waals surface area contributed by atoms with Crippen LogP contribution in [0.5, 0.6) is 0 Å². The summed E-state index contributed by atoms with van der Waals surface area (Å²) in [5.41, 5.74) is 1.58. The molecule has 4 amide bonds. The van der Waals surface area contributed by atoms with Gasteiger partial charge >= 0.3 is 6.03 Å². The Morgan fingerprint density at radius 2 is 2.00 bits per heavy atom. The number of fused-ring (bicyclic) bond motifs is 1. The number of likely N-dealkylation sites (tertiary alicyclic amines) is 1. The second-order valence-corrected chi connectivity index (χ2v) is 6.73.